The number of benzene rings is 2. The zero-order chi connectivity index (χ0) is 17.0. The molecule has 0 bridgehead atoms. The SMILES string of the molecule is N#Cc1cc(NCCS(=O)(=O)c2ccccc2)nc2ccccc12. The lowest BCUT2D eigenvalue weighted by atomic mass is 10.1. The van der Waals surface area contributed by atoms with Crippen molar-refractivity contribution < 1.29 is 8.42 Å². The Morgan fingerprint density at radius 2 is 1.75 bits per heavy atom. The van der Waals surface area contributed by atoms with Crippen LogP contribution in [0.5, 0.6) is 0 Å². The number of hydrogen-bond donors (Lipinski definition) is 1. The number of nitriles is 1. The average molecular weight is 337 g/mol. The normalized spacial score (nSPS) is 11.1. The van der Waals surface area contributed by atoms with Crippen LogP contribution in [0.15, 0.2) is 65.6 Å². The predicted molar refractivity (Wildman–Crippen MR) is 93.4 cm³/mol. The van der Waals surface area contributed by atoms with Crippen LogP contribution >= 0.6 is 0 Å². The Morgan fingerprint density at radius 3 is 2.50 bits per heavy atom. The topological polar surface area (TPSA) is 82.9 Å². The lowest BCUT2D eigenvalue weighted by Crippen LogP contribution is -2.16. The smallest absolute Gasteiger partial charge is 0.180 e. The van der Waals surface area contributed by atoms with E-state index in [0.29, 0.717) is 21.8 Å². The van der Waals surface area contributed by atoms with Gasteiger partial charge in [-0.05, 0) is 24.3 Å². The van der Waals surface area contributed by atoms with Gasteiger partial charge in [-0.25, -0.2) is 13.4 Å². The molecule has 0 spiro atoms. The molecule has 1 N–H and O–H groups in total. The van der Waals surface area contributed by atoms with Crippen LogP contribution in [0.1, 0.15) is 5.56 Å². The van der Waals surface area contributed by atoms with E-state index in [0.717, 1.165) is 5.39 Å². The van der Waals surface area contributed by atoms with Crippen molar-refractivity contribution in [3.63, 3.8) is 0 Å². The van der Waals surface area contributed by atoms with Crippen molar-refractivity contribution in [1.82, 2.24) is 4.98 Å². The molecule has 3 rings (SSSR count). The minimum absolute atomic E-state index is 0.0482. The second-order valence-electron chi connectivity index (χ2n) is 5.24. The lowest BCUT2D eigenvalue weighted by Gasteiger charge is -2.09. The Labute approximate surface area is 140 Å². The fraction of sp³-hybridized carbons (Fsp3) is 0.111. The van der Waals surface area contributed by atoms with Gasteiger partial charge in [0.15, 0.2) is 9.84 Å². The van der Waals surface area contributed by atoms with E-state index in [1.165, 1.54) is 0 Å². The van der Waals surface area contributed by atoms with E-state index >= 15 is 0 Å². The van der Waals surface area contributed by atoms with E-state index in [1.807, 2.05) is 24.3 Å². The van der Waals surface area contributed by atoms with Gasteiger partial charge in [0, 0.05) is 11.9 Å². The minimum atomic E-state index is -3.34. The summed E-state index contributed by atoms with van der Waals surface area (Å²) in [6.45, 7) is 0.216. The van der Waals surface area contributed by atoms with Gasteiger partial charge in [0.05, 0.1) is 27.8 Å². The largest absolute Gasteiger partial charge is 0.369 e. The number of anilines is 1. The van der Waals surface area contributed by atoms with E-state index in [-0.39, 0.29) is 12.3 Å². The van der Waals surface area contributed by atoms with Gasteiger partial charge >= 0.3 is 0 Å². The van der Waals surface area contributed by atoms with Crippen LogP contribution in [-0.2, 0) is 9.84 Å². The highest BCUT2D eigenvalue weighted by atomic mass is 32.2. The van der Waals surface area contributed by atoms with Crippen LogP contribution in [0.2, 0.25) is 0 Å². The molecule has 0 atom stereocenters. The molecule has 0 saturated carbocycles. The predicted octanol–water partition coefficient (Wildman–Crippen LogP) is 2.99. The van der Waals surface area contributed by atoms with Gasteiger partial charge < -0.3 is 5.32 Å². The molecule has 120 valence electrons. The standard InChI is InChI=1S/C18H15N3O2S/c19-13-14-12-18(21-17-9-5-4-8-16(14)17)20-10-11-24(22,23)15-6-2-1-3-7-15/h1-9,12H,10-11H2,(H,20,21). The fourth-order valence-corrected chi connectivity index (χ4v) is 3.60. The molecule has 2 aromatic carbocycles. The molecule has 0 aliphatic heterocycles. The Balaban J connectivity index is 1.76. The van der Waals surface area contributed by atoms with Crippen molar-refractivity contribution in [3.05, 3.63) is 66.2 Å². The number of aromatic nitrogens is 1. The summed E-state index contributed by atoms with van der Waals surface area (Å²) in [5, 5.41) is 13.0. The fourth-order valence-electron chi connectivity index (χ4n) is 2.42. The van der Waals surface area contributed by atoms with Gasteiger partial charge in [-0.3, -0.25) is 0 Å². The van der Waals surface area contributed by atoms with Crippen molar-refractivity contribution in [2.45, 2.75) is 4.90 Å². The van der Waals surface area contributed by atoms with Crippen LogP contribution in [-0.4, -0.2) is 25.7 Å². The average Bonchev–Trinajstić information content (AvgIpc) is 2.61. The van der Waals surface area contributed by atoms with Crippen molar-refractivity contribution >= 4 is 26.6 Å². The molecule has 0 fully saturated rings. The zero-order valence-electron chi connectivity index (χ0n) is 12.8. The van der Waals surface area contributed by atoms with Crippen LogP contribution in [0.3, 0.4) is 0 Å². The maximum Gasteiger partial charge on any atom is 0.180 e. The maximum absolute atomic E-state index is 12.2. The first-order valence-corrected chi connectivity index (χ1v) is 9.07. The second-order valence-corrected chi connectivity index (χ2v) is 7.35. The van der Waals surface area contributed by atoms with Gasteiger partial charge in [0.2, 0.25) is 0 Å². The summed E-state index contributed by atoms with van der Waals surface area (Å²) < 4.78 is 24.5. The number of fused-ring (bicyclic) bond motifs is 1. The number of nitrogens with zero attached hydrogens (tertiary/aromatic N) is 2. The lowest BCUT2D eigenvalue weighted by molar-refractivity contribution is 0.596. The Morgan fingerprint density at radius 1 is 1.04 bits per heavy atom. The number of pyridine rings is 1. The molecule has 1 heterocycles. The maximum atomic E-state index is 12.2. The first-order valence-electron chi connectivity index (χ1n) is 7.42. The number of nitrogens with one attached hydrogen (secondary N) is 1. The first kappa shape index (κ1) is 16.0. The molecule has 5 nitrogen and oxygen atoms in total. The quantitative estimate of drug-likeness (QED) is 0.774. The molecular weight excluding hydrogens is 322 g/mol. The third-order valence-corrected chi connectivity index (χ3v) is 5.35. The molecule has 0 saturated heterocycles. The van der Waals surface area contributed by atoms with Crippen molar-refractivity contribution in [2.24, 2.45) is 0 Å². The van der Waals surface area contributed by atoms with Crippen LogP contribution < -0.4 is 5.32 Å². The summed E-state index contributed by atoms with van der Waals surface area (Å²) in [4.78, 5) is 4.72. The first-order chi connectivity index (χ1) is 11.6. The zero-order valence-corrected chi connectivity index (χ0v) is 13.6. The summed E-state index contributed by atoms with van der Waals surface area (Å²) in [6.07, 6.45) is 0. The van der Waals surface area contributed by atoms with Crippen molar-refractivity contribution in [1.29, 1.82) is 5.26 Å². The Hall–Kier alpha value is -2.91. The van der Waals surface area contributed by atoms with Gasteiger partial charge in [0.1, 0.15) is 5.82 Å². The van der Waals surface area contributed by atoms with Gasteiger partial charge in [-0.2, -0.15) is 5.26 Å². The molecular formula is C18H15N3O2S. The van der Waals surface area contributed by atoms with E-state index in [9.17, 15) is 13.7 Å². The summed E-state index contributed by atoms with van der Waals surface area (Å²) in [7, 11) is -3.34. The van der Waals surface area contributed by atoms with E-state index in [2.05, 4.69) is 16.4 Å². The van der Waals surface area contributed by atoms with Crippen molar-refractivity contribution in [3.8, 4) is 6.07 Å². The number of para-hydroxylation sites is 1. The van der Waals surface area contributed by atoms with Crippen LogP contribution in [0, 0.1) is 11.3 Å². The summed E-state index contributed by atoms with van der Waals surface area (Å²) in [5.74, 6) is 0.446. The molecule has 6 heteroatoms. The van der Waals surface area contributed by atoms with Crippen LogP contribution in [0.4, 0.5) is 5.82 Å². The third kappa shape index (κ3) is 3.36. The minimum Gasteiger partial charge on any atom is -0.369 e. The highest BCUT2D eigenvalue weighted by Crippen LogP contribution is 2.20. The molecule has 0 unspecified atom stereocenters. The molecule has 24 heavy (non-hydrogen) atoms. The van der Waals surface area contributed by atoms with E-state index < -0.39 is 9.84 Å². The second kappa shape index (κ2) is 6.69. The van der Waals surface area contributed by atoms with E-state index in [1.54, 1.807) is 36.4 Å². The van der Waals surface area contributed by atoms with Gasteiger partial charge in [-0.15, -0.1) is 0 Å². The summed E-state index contributed by atoms with van der Waals surface area (Å²) in [5.41, 5.74) is 1.21. The molecule has 0 aliphatic rings. The molecule has 0 radical (unpaired) electrons. The molecule has 0 aliphatic carbocycles. The van der Waals surface area contributed by atoms with E-state index in [4.69, 9.17) is 0 Å². The number of hydrogen-bond acceptors (Lipinski definition) is 5. The van der Waals surface area contributed by atoms with Crippen molar-refractivity contribution in [2.75, 3.05) is 17.6 Å². The third-order valence-electron chi connectivity index (χ3n) is 3.62. The van der Waals surface area contributed by atoms with Crippen LogP contribution in [0.25, 0.3) is 10.9 Å². The monoisotopic (exact) mass is 337 g/mol. The highest BCUT2D eigenvalue weighted by Gasteiger charge is 2.13. The number of sulfone groups is 1. The molecule has 3 aromatic rings. The Kier molecular flexibility index (Phi) is 4.45. The van der Waals surface area contributed by atoms with Gasteiger partial charge in [0.25, 0.3) is 0 Å². The highest BCUT2D eigenvalue weighted by molar-refractivity contribution is 7.91. The summed E-state index contributed by atoms with van der Waals surface area (Å²) >= 11 is 0. The summed E-state index contributed by atoms with van der Waals surface area (Å²) in [6, 6.07) is 19.5. The van der Waals surface area contributed by atoms with Gasteiger partial charge in [-0.1, -0.05) is 36.4 Å². The Bertz CT molecular complexity index is 1010. The molecule has 0 amide bonds. The number of rotatable bonds is 5. The molecule has 1 aromatic heterocycles.